The van der Waals surface area contributed by atoms with E-state index in [0.717, 1.165) is 10.0 Å². The highest BCUT2D eigenvalue weighted by Gasteiger charge is 2.00. The first-order chi connectivity index (χ1) is 7.72. The second-order valence-corrected chi connectivity index (χ2v) is 4.27. The van der Waals surface area contributed by atoms with Gasteiger partial charge < -0.3 is 10.1 Å². The van der Waals surface area contributed by atoms with Crippen molar-refractivity contribution in [3.8, 4) is 0 Å². The summed E-state index contributed by atoms with van der Waals surface area (Å²) in [5, 5.41) is 2.84. The predicted octanol–water partition coefficient (Wildman–Crippen LogP) is 2.49. The van der Waals surface area contributed by atoms with Crippen molar-refractivity contribution < 1.29 is 9.53 Å². The molecular weight excluding hydrogens is 270 g/mol. The van der Waals surface area contributed by atoms with E-state index in [0.29, 0.717) is 26.2 Å². The Bertz CT molecular complexity index is 324. The topological polar surface area (TPSA) is 38.3 Å². The van der Waals surface area contributed by atoms with Crippen LogP contribution in [0.2, 0.25) is 0 Å². The van der Waals surface area contributed by atoms with Crippen molar-refractivity contribution in [2.45, 2.75) is 19.9 Å². The highest BCUT2D eigenvalue weighted by Crippen LogP contribution is 2.10. The summed E-state index contributed by atoms with van der Waals surface area (Å²) in [6, 6.07) is 7.88. The average Bonchev–Trinajstić information content (AvgIpc) is 2.29. The fourth-order valence-electron chi connectivity index (χ4n) is 1.20. The van der Waals surface area contributed by atoms with Crippen LogP contribution >= 0.6 is 15.9 Å². The number of carbonyl (C=O) groups is 1. The Morgan fingerprint density at radius 2 is 2.06 bits per heavy atom. The highest BCUT2D eigenvalue weighted by atomic mass is 79.9. The number of amides is 1. The van der Waals surface area contributed by atoms with Crippen LogP contribution in [-0.2, 0) is 16.1 Å². The Morgan fingerprint density at radius 1 is 1.38 bits per heavy atom. The maximum absolute atomic E-state index is 11.4. The molecular formula is C12H16BrNO2. The van der Waals surface area contributed by atoms with Crippen LogP contribution < -0.4 is 5.32 Å². The Labute approximate surface area is 104 Å². The van der Waals surface area contributed by atoms with Crippen LogP contribution in [0.1, 0.15) is 18.9 Å². The van der Waals surface area contributed by atoms with E-state index in [4.69, 9.17) is 4.74 Å². The maximum Gasteiger partial charge on any atom is 0.222 e. The first-order valence-corrected chi connectivity index (χ1v) is 6.10. The monoisotopic (exact) mass is 285 g/mol. The largest absolute Gasteiger partial charge is 0.381 e. The Morgan fingerprint density at radius 3 is 2.69 bits per heavy atom. The summed E-state index contributed by atoms with van der Waals surface area (Å²) in [6.45, 7) is 3.63. The summed E-state index contributed by atoms with van der Waals surface area (Å²) >= 11 is 3.36. The molecule has 1 rings (SSSR count). The average molecular weight is 286 g/mol. The van der Waals surface area contributed by atoms with Gasteiger partial charge in [-0.25, -0.2) is 0 Å². The van der Waals surface area contributed by atoms with Crippen LogP contribution in [0.3, 0.4) is 0 Å². The molecule has 0 saturated carbocycles. The van der Waals surface area contributed by atoms with Gasteiger partial charge in [0.25, 0.3) is 0 Å². The second kappa shape index (κ2) is 7.41. The van der Waals surface area contributed by atoms with Crippen LogP contribution in [0.5, 0.6) is 0 Å². The van der Waals surface area contributed by atoms with E-state index < -0.39 is 0 Å². The molecule has 16 heavy (non-hydrogen) atoms. The first kappa shape index (κ1) is 13.2. The molecule has 1 N–H and O–H groups in total. The molecule has 1 aromatic carbocycles. The number of hydrogen-bond donors (Lipinski definition) is 1. The zero-order chi connectivity index (χ0) is 11.8. The minimum atomic E-state index is 0.0244. The van der Waals surface area contributed by atoms with E-state index >= 15 is 0 Å². The lowest BCUT2D eigenvalue weighted by Gasteiger charge is -2.05. The quantitative estimate of drug-likeness (QED) is 0.816. The van der Waals surface area contributed by atoms with Gasteiger partial charge in [-0.15, -0.1) is 0 Å². The van der Waals surface area contributed by atoms with E-state index in [2.05, 4.69) is 21.2 Å². The van der Waals surface area contributed by atoms with E-state index in [1.807, 2.05) is 31.2 Å². The summed E-state index contributed by atoms with van der Waals surface area (Å²) in [4.78, 5) is 11.4. The molecule has 0 aliphatic rings. The normalized spacial score (nSPS) is 10.1. The smallest absolute Gasteiger partial charge is 0.222 e. The van der Waals surface area contributed by atoms with Crippen molar-refractivity contribution in [1.29, 1.82) is 0 Å². The molecule has 0 radical (unpaired) electrons. The molecule has 0 unspecified atom stereocenters. The molecule has 0 aromatic heterocycles. The third-order valence-electron chi connectivity index (χ3n) is 2.08. The standard InChI is InChI=1S/C12H16BrNO2/c1-2-16-8-7-12(15)14-9-10-3-5-11(13)6-4-10/h3-6H,2,7-9H2,1H3,(H,14,15). The van der Waals surface area contributed by atoms with Gasteiger partial charge in [0.05, 0.1) is 6.61 Å². The zero-order valence-corrected chi connectivity index (χ0v) is 10.9. The molecule has 0 spiro atoms. The van der Waals surface area contributed by atoms with Gasteiger partial charge in [0.1, 0.15) is 0 Å². The number of carbonyl (C=O) groups excluding carboxylic acids is 1. The number of benzene rings is 1. The molecule has 88 valence electrons. The molecule has 0 saturated heterocycles. The molecule has 1 amide bonds. The highest BCUT2D eigenvalue weighted by molar-refractivity contribution is 9.10. The van der Waals surface area contributed by atoms with Crippen LogP contribution in [-0.4, -0.2) is 19.1 Å². The Kier molecular flexibility index (Phi) is 6.11. The predicted molar refractivity (Wildman–Crippen MR) is 67.1 cm³/mol. The number of hydrogen-bond acceptors (Lipinski definition) is 2. The van der Waals surface area contributed by atoms with Gasteiger partial charge in [-0.05, 0) is 24.6 Å². The van der Waals surface area contributed by atoms with Gasteiger partial charge in [0.15, 0.2) is 0 Å². The molecule has 0 atom stereocenters. The van der Waals surface area contributed by atoms with Crippen molar-refractivity contribution in [3.05, 3.63) is 34.3 Å². The van der Waals surface area contributed by atoms with Gasteiger partial charge in [0.2, 0.25) is 5.91 Å². The first-order valence-electron chi connectivity index (χ1n) is 5.31. The van der Waals surface area contributed by atoms with Gasteiger partial charge in [-0.3, -0.25) is 4.79 Å². The van der Waals surface area contributed by atoms with Crippen molar-refractivity contribution in [1.82, 2.24) is 5.32 Å². The maximum atomic E-state index is 11.4. The van der Waals surface area contributed by atoms with Crippen LogP contribution in [0, 0.1) is 0 Å². The lowest BCUT2D eigenvalue weighted by atomic mass is 10.2. The number of ether oxygens (including phenoxy) is 1. The fourth-order valence-corrected chi connectivity index (χ4v) is 1.46. The van der Waals surface area contributed by atoms with Crippen molar-refractivity contribution in [2.24, 2.45) is 0 Å². The van der Waals surface area contributed by atoms with Crippen LogP contribution in [0.15, 0.2) is 28.7 Å². The summed E-state index contributed by atoms with van der Waals surface area (Å²) in [7, 11) is 0. The summed E-state index contributed by atoms with van der Waals surface area (Å²) < 4.78 is 6.15. The van der Waals surface area contributed by atoms with Crippen molar-refractivity contribution >= 4 is 21.8 Å². The third-order valence-corrected chi connectivity index (χ3v) is 2.61. The molecule has 4 heteroatoms. The minimum absolute atomic E-state index is 0.0244. The van der Waals surface area contributed by atoms with Crippen molar-refractivity contribution in [3.63, 3.8) is 0 Å². The third kappa shape index (κ3) is 5.28. The molecule has 0 aliphatic carbocycles. The number of halogens is 1. The minimum Gasteiger partial charge on any atom is -0.381 e. The van der Waals surface area contributed by atoms with E-state index in [-0.39, 0.29) is 5.91 Å². The lowest BCUT2D eigenvalue weighted by molar-refractivity contribution is -0.122. The van der Waals surface area contributed by atoms with Crippen molar-refractivity contribution in [2.75, 3.05) is 13.2 Å². The number of nitrogens with one attached hydrogen (secondary N) is 1. The van der Waals surface area contributed by atoms with Gasteiger partial charge in [-0.2, -0.15) is 0 Å². The lowest BCUT2D eigenvalue weighted by Crippen LogP contribution is -2.23. The van der Waals surface area contributed by atoms with Crippen LogP contribution in [0.25, 0.3) is 0 Å². The molecule has 1 aromatic rings. The Balaban J connectivity index is 2.23. The van der Waals surface area contributed by atoms with Gasteiger partial charge in [0, 0.05) is 24.0 Å². The second-order valence-electron chi connectivity index (χ2n) is 3.35. The summed E-state index contributed by atoms with van der Waals surface area (Å²) in [5.41, 5.74) is 1.09. The van der Waals surface area contributed by atoms with E-state index in [1.54, 1.807) is 0 Å². The van der Waals surface area contributed by atoms with E-state index in [1.165, 1.54) is 0 Å². The molecule has 0 heterocycles. The summed E-state index contributed by atoms with van der Waals surface area (Å²) in [6.07, 6.45) is 0.421. The molecule has 0 aliphatic heterocycles. The number of rotatable bonds is 6. The SMILES string of the molecule is CCOCCC(=O)NCc1ccc(Br)cc1. The molecule has 3 nitrogen and oxygen atoms in total. The van der Waals surface area contributed by atoms with Gasteiger partial charge >= 0.3 is 0 Å². The van der Waals surface area contributed by atoms with Gasteiger partial charge in [-0.1, -0.05) is 28.1 Å². The molecule has 0 fully saturated rings. The van der Waals surface area contributed by atoms with E-state index in [9.17, 15) is 4.79 Å². The fraction of sp³-hybridized carbons (Fsp3) is 0.417. The van der Waals surface area contributed by atoms with Crippen LogP contribution in [0.4, 0.5) is 0 Å². The zero-order valence-electron chi connectivity index (χ0n) is 9.33. The molecule has 0 bridgehead atoms. The Hall–Kier alpha value is -0.870. The summed E-state index contributed by atoms with van der Waals surface area (Å²) in [5.74, 6) is 0.0244.